The monoisotopic (exact) mass is 260 g/mol. The molecule has 0 fully saturated rings. The zero-order valence-corrected chi connectivity index (χ0v) is 9.82. The molecule has 1 rings (SSSR count). The van der Waals surface area contributed by atoms with Gasteiger partial charge in [-0.05, 0) is 13.0 Å². The summed E-state index contributed by atoms with van der Waals surface area (Å²) < 4.78 is 28.1. The Balaban J connectivity index is 2.36. The van der Waals surface area contributed by atoms with E-state index >= 15 is 0 Å². The highest BCUT2D eigenvalue weighted by molar-refractivity contribution is 5.92. The summed E-state index contributed by atoms with van der Waals surface area (Å²) in [4.78, 5) is 19.2. The van der Waals surface area contributed by atoms with E-state index in [0.29, 0.717) is 5.69 Å². The Morgan fingerprint density at radius 2 is 2.28 bits per heavy atom. The second-order valence-corrected chi connectivity index (χ2v) is 3.47. The van der Waals surface area contributed by atoms with Crippen molar-refractivity contribution in [2.45, 2.75) is 13.3 Å². The first-order valence-electron chi connectivity index (χ1n) is 5.24. The van der Waals surface area contributed by atoms with E-state index in [4.69, 9.17) is 5.73 Å². The van der Waals surface area contributed by atoms with Gasteiger partial charge in [0.05, 0.1) is 6.61 Å². The van der Waals surface area contributed by atoms with Gasteiger partial charge in [-0.25, -0.2) is 18.7 Å². The molecule has 8 heteroatoms. The molecule has 0 saturated heterocycles. The summed E-state index contributed by atoms with van der Waals surface area (Å²) in [6.07, 6.45) is -2.51. The number of amides is 1. The molecule has 1 heterocycles. The molecule has 0 atom stereocenters. The minimum absolute atomic E-state index is 0.00843. The number of aryl methyl sites for hydroxylation is 1. The highest BCUT2D eigenvalue weighted by Gasteiger charge is 2.09. The number of anilines is 1. The minimum Gasteiger partial charge on any atom is -0.374 e. The largest absolute Gasteiger partial charge is 0.374 e. The second kappa shape index (κ2) is 6.80. The summed E-state index contributed by atoms with van der Waals surface area (Å²) >= 11 is 0. The van der Waals surface area contributed by atoms with Crippen molar-refractivity contribution in [1.82, 2.24) is 15.3 Å². The molecular formula is C10H14F2N4O2. The van der Waals surface area contributed by atoms with Gasteiger partial charge in [0.15, 0.2) is 0 Å². The first-order valence-corrected chi connectivity index (χ1v) is 5.24. The Hall–Kier alpha value is -1.83. The van der Waals surface area contributed by atoms with Gasteiger partial charge in [0, 0.05) is 12.2 Å². The highest BCUT2D eigenvalue weighted by Crippen LogP contribution is 2.01. The Labute approximate surface area is 103 Å². The molecule has 0 aromatic carbocycles. The fourth-order valence-electron chi connectivity index (χ4n) is 1.21. The molecule has 18 heavy (non-hydrogen) atoms. The molecule has 1 amide bonds. The SMILES string of the molecule is Cc1cc(C(=O)NCCOCC(F)F)nc(N)n1. The lowest BCUT2D eigenvalue weighted by atomic mass is 10.3. The Morgan fingerprint density at radius 3 is 2.89 bits per heavy atom. The molecule has 0 unspecified atom stereocenters. The molecule has 0 radical (unpaired) electrons. The summed E-state index contributed by atoms with van der Waals surface area (Å²) in [7, 11) is 0. The third kappa shape index (κ3) is 5.00. The van der Waals surface area contributed by atoms with Gasteiger partial charge in [0.1, 0.15) is 12.3 Å². The summed E-state index contributed by atoms with van der Waals surface area (Å²) in [5.41, 5.74) is 6.10. The first-order chi connectivity index (χ1) is 8.49. The first kappa shape index (κ1) is 14.2. The molecule has 0 spiro atoms. The van der Waals surface area contributed by atoms with Crippen LogP contribution in [-0.4, -0.2) is 42.1 Å². The van der Waals surface area contributed by atoms with Crippen LogP contribution in [0, 0.1) is 6.92 Å². The van der Waals surface area contributed by atoms with Crippen molar-refractivity contribution < 1.29 is 18.3 Å². The number of ether oxygens (including phenoxy) is 1. The molecule has 3 N–H and O–H groups in total. The van der Waals surface area contributed by atoms with Gasteiger partial charge >= 0.3 is 0 Å². The summed E-state index contributed by atoms with van der Waals surface area (Å²) in [6.45, 7) is 1.17. The zero-order valence-electron chi connectivity index (χ0n) is 9.82. The van der Waals surface area contributed by atoms with Crippen molar-refractivity contribution >= 4 is 11.9 Å². The van der Waals surface area contributed by atoms with Crippen LogP contribution in [0.4, 0.5) is 14.7 Å². The fourth-order valence-corrected chi connectivity index (χ4v) is 1.21. The average Bonchev–Trinajstić information content (AvgIpc) is 2.26. The topological polar surface area (TPSA) is 90.1 Å². The van der Waals surface area contributed by atoms with E-state index in [9.17, 15) is 13.6 Å². The molecular weight excluding hydrogens is 246 g/mol. The van der Waals surface area contributed by atoms with E-state index in [1.807, 2.05) is 0 Å². The lowest BCUT2D eigenvalue weighted by Crippen LogP contribution is -2.29. The number of nitrogen functional groups attached to an aromatic ring is 1. The van der Waals surface area contributed by atoms with Crippen LogP contribution in [0.1, 0.15) is 16.2 Å². The van der Waals surface area contributed by atoms with Crippen molar-refractivity contribution in [3.05, 3.63) is 17.5 Å². The number of carbonyl (C=O) groups excluding carboxylic acids is 1. The number of rotatable bonds is 6. The van der Waals surface area contributed by atoms with Crippen molar-refractivity contribution in [2.75, 3.05) is 25.5 Å². The number of aromatic nitrogens is 2. The Bertz CT molecular complexity index is 395. The lowest BCUT2D eigenvalue weighted by molar-refractivity contribution is 0.0188. The number of carbonyl (C=O) groups is 1. The summed E-state index contributed by atoms with van der Waals surface area (Å²) in [5, 5.41) is 2.47. The molecule has 0 aliphatic heterocycles. The second-order valence-electron chi connectivity index (χ2n) is 3.47. The molecule has 0 aliphatic carbocycles. The van der Waals surface area contributed by atoms with Crippen molar-refractivity contribution in [2.24, 2.45) is 0 Å². The van der Waals surface area contributed by atoms with Crippen molar-refractivity contribution in [1.29, 1.82) is 0 Å². The van der Waals surface area contributed by atoms with Crippen LogP contribution >= 0.6 is 0 Å². The minimum atomic E-state index is -2.51. The predicted octanol–water partition coefficient (Wildman–Crippen LogP) is 0.379. The van der Waals surface area contributed by atoms with Crippen LogP contribution in [0.5, 0.6) is 0 Å². The standard InChI is InChI=1S/C10H14F2N4O2/c1-6-4-7(16-10(13)15-6)9(17)14-2-3-18-5-8(11)12/h4,8H,2-3,5H2,1H3,(H,14,17)(H2,13,15,16). The number of hydrogen-bond donors (Lipinski definition) is 2. The van der Waals surface area contributed by atoms with Crippen LogP contribution in [0.2, 0.25) is 0 Å². The smallest absolute Gasteiger partial charge is 0.270 e. The van der Waals surface area contributed by atoms with Gasteiger partial charge in [-0.3, -0.25) is 4.79 Å². The van der Waals surface area contributed by atoms with Gasteiger partial charge < -0.3 is 15.8 Å². The van der Waals surface area contributed by atoms with E-state index < -0.39 is 18.9 Å². The van der Waals surface area contributed by atoms with Gasteiger partial charge in [0.2, 0.25) is 5.95 Å². The number of hydrogen-bond acceptors (Lipinski definition) is 5. The average molecular weight is 260 g/mol. The van der Waals surface area contributed by atoms with E-state index in [-0.39, 0.29) is 24.8 Å². The normalized spacial score (nSPS) is 10.7. The molecule has 6 nitrogen and oxygen atoms in total. The maximum Gasteiger partial charge on any atom is 0.270 e. The molecule has 100 valence electrons. The van der Waals surface area contributed by atoms with Crippen LogP contribution in [-0.2, 0) is 4.74 Å². The van der Waals surface area contributed by atoms with Crippen LogP contribution in [0.15, 0.2) is 6.07 Å². The van der Waals surface area contributed by atoms with Crippen LogP contribution in [0.3, 0.4) is 0 Å². The molecule has 0 aliphatic rings. The van der Waals surface area contributed by atoms with E-state index in [0.717, 1.165) is 0 Å². The van der Waals surface area contributed by atoms with Gasteiger partial charge in [0.25, 0.3) is 12.3 Å². The quantitative estimate of drug-likeness (QED) is 0.722. The van der Waals surface area contributed by atoms with Crippen molar-refractivity contribution in [3.63, 3.8) is 0 Å². The molecule has 0 saturated carbocycles. The van der Waals surface area contributed by atoms with Crippen LogP contribution < -0.4 is 11.1 Å². The maximum atomic E-state index is 11.7. The number of alkyl halides is 2. The van der Waals surface area contributed by atoms with E-state index in [1.54, 1.807) is 6.92 Å². The molecule has 1 aromatic rings. The number of nitrogens with two attached hydrogens (primary N) is 1. The van der Waals surface area contributed by atoms with Crippen molar-refractivity contribution in [3.8, 4) is 0 Å². The highest BCUT2D eigenvalue weighted by atomic mass is 19.3. The number of nitrogens with zero attached hydrogens (tertiary/aromatic N) is 2. The fraction of sp³-hybridized carbons (Fsp3) is 0.500. The third-order valence-electron chi connectivity index (χ3n) is 1.88. The maximum absolute atomic E-state index is 11.7. The van der Waals surface area contributed by atoms with Gasteiger partial charge in [-0.2, -0.15) is 0 Å². The van der Waals surface area contributed by atoms with Gasteiger partial charge in [-0.15, -0.1) is 0 Å². The lowest BCUT2D eigenvalue weighted by Gasteiger charge is -2.06. The Kier molecular flexibility index (Phi) is 5.37. The number of halogens is 2. The van der Waals surface area contributed by atoms with Gasteiger partial charge in [-0.1, -0.05) is 0 Å². The summed E-state index contributed by atoms with van der Waals surface area (Å²) in [6, 6.07) is 1.48. The van der Waals surface area contributed by atoms with Crippen LogP contribution in [0.25, 0.3) is 0 Å². The number of nitrogens with one attached hydrogen (secondary N) is 1. The molecule has 1 aromatic heterocycles. The van der Waals surface area contributed by atoms with E-state index in [2.05, 4.69) is 20.0 Å². The molecule has 0 bridgehead atoms. The summed E-state index contributed by atoms with van der Waals surface area (Å²) in [5.74, 6) is -0.443. The predicted molar refractivity (Wildman–Crippen MR) is 60.3 cm³/mol. The Morgan fingerprint density at radius 1 is 1.56 bits per heavy atom. The zero-order chi connectivity index (χ0) is 13.5. The van der Waals surface area contributed by atoms with E-state index in [1.165, 1.54) is 6.07 Å². The third-order valence-corrected chi connectivity index (χ3v) is 1.88.